The molecule has 2 atom stereocenters. The summed E-state index contributed by atoms with van der Waals surface area (Å²) in [4.78, 5) is 13.7. The fourth-order valence-corrected chi connectivity index (χ4v) is 1.82. The smallest absolute Gasteiger partial charge is 0.263 e. The second-order valence-corrected chi connectivity index (χ2v) is 5.08. The van der Waals surface area contributed by atoms with E-state index in [1.54, 1.807) is 18.9 Å². The lowest BCUT2D eigenvalue weighted by atomic mass is 10.2. The van der Waals surface area contributed by atoms with Crippen LogP contribution < -0.4 is 10.5 Å². The van der Waals surface area contributed by atoms with Crippen molar-refractivity contribution in [3.8, 4) is 5.75 Å². The molecular weight excluding hydrogens is 332 g/mol. The van der Waals surface area contributed by atoms with Gasteiger partial charge in [0.05, 0.1) is 4.47 Å². The topological polar surface area (TPSA) is 55.6 Å². The Morgan fingerprint density at radius 1 is 1.42 bits per heavy atom. The number of rotatable bonds is 5. The van der Waals surface area contributed by atoms with E-state index in [4.69, 9.17) is 10.5 Å². The maximum absolute atomic E-state index is 12.1. The van der Waals surface area contributed by atoms with Crippen LogP contribution in [-0.4, -0.2) is 36.5 Å². The Kier molecular flexibility index (Phi) is 8.06. The molecular formula is C13H20BrClN2O2. The maximum Gasteiger partial charge on any atom is 0.263 e. The van der Waals surface area contributed by atoms with Gasteiger partial charge in [-0.05, 0) is 41.9 Å². The van der Waals surface area contributed by atoms with Gasteiger partial charge in [0.25, 0.3) is 5.91 Å². The maximum atomic E-state index is 12.1. The SMILES string of the molecule is CC(Oc1ccccc1Br)C(=O)N(C)C(C)CN.Cl. The molecule has 0 heterocycles. The van der Waals surface area contributed by atoms with E-state index in [-0.39, 0.29) is 24.4 Å². The quantitative estimate of drug-likeness (QED) is 0.886. The van der Waals surface area contributed by atoms with Crippen molar-refractivity contribution in [2.24, 2.45) is 5.73 Å². The standard InChI is InChI=1S/C13H19BrN2O2.ClH/c1-9(8-15)16(3)13(17)10(2)18-12-7-5-4-6-11(12)14;/h4-7,9-10H,8,15H2,1-3H3;1H. The van der Waals surface area contributed by atoms with Gasteiger partial charge < -0.3 is 15.4 Å². The molecule has 2 unspecified atom stereocenters. The number of carbonyl (C=O) groups excluding carboxylic acids is 1. The molecule has 0 saturated heterocycles. The first-order valence-corrected chi connectivity index (χ1v) is 6.64. The molecule has 108 valence electrons. The van der Waals surface area contributed by atoms with E-state index in [0.717, 1.165) is 4.47 Å². The number of halogens is 2. The van der Waals surface area contributed by atoms with Crippen LogP contribution in [0, 0.1) is 0 Å². The van der Waals surface area contributed by atoms with Crippen molar-refractivity contribution in [3.05, 3.63) is 28.7 Å². The third-order valence-electron chi connectivity index (χ3n) is 2.84. The second kappa shape index (κ2) is 8.40. The number of para-hydroxylation sites is 1. The molecule has 2 N–H and O–H groups in total. The molecule has 1 aromatic rings. The largest absolute Gasteiger partial charge is 0.480 e. The minimum atomic E-state index is -0.539. The summed E-state index contributed by atoms with van der Waals surface area (Å²) in [5.41, 5.74) is 5.55. The highest BCUT2D eigenvalue weighted by Gasteiger charge is 2.22. The number of amides is 1. The van der Waals surface area contributed by atoms with Gasteiger partial charge in [0, 0.05) is 19.6 Å². The highest BCUT2D eigenvalue weighted by atomic mass is 79.9. The van der Waals surface area contributed by atoms with E-state index in [1.165, 1.54) is 0 Å². The van der Waals surface area contributed by atoms with Gasteiger partial charge in [-0.1, -0.05) is 12.1 Å². The lowest BCUT2D eigenvalue weighted by Gasteiger charge is -2.27. The van der Waals surface area contributed by atoms with Gasteiger partial charge >= 0.3 is 0 Å². The fraction of sp³-hybridized carbons (Fsp3) is 0.462. The lowest BCUT2D eigenvalue weighted by Crippen LogP contribution is -2.45. The highest BCUT2D eigenvalue weighted by molar-refractivity contribution is 9.10. The average molecular weight is 352 g/mol. The Labute approximate surface area is 128 Å². The molecule has 1 aromatic carbocycles. The summed E-state index contributed by atoms with van der Waals surface area (Å²) in [6, 6.07) is 7.46. The van der Waals surface area contributed by atoms with E-state index in [0.29, 0.717) is 12.3 Å². The molecule has 0 bridgehead atoms. The monoisotopic (exact) mass is 350 g/mol. The van der Waals surface area contributed by atoms with Gasteiger partial charge in [-0.2, -0.15) is 0 Å². The molecule has 19 heavy (non-hydrogen) atoms. The third-order valence-corrected chi connectivity index (χ3v) is 3.49. The lowest BCUT2D eigenvalue weighted by molar-refractivity contribution is -0.138. The Bertz CT molecular complexity index is 417. The first-order valence-electron chi connectivity index (χ1n) is 5.85. The molecule has 0 fully saturated rings. The van der Waals surface area contributed by atoms with Crippen molar-refractivity contribution in [2.45, 2.75) is 26.0 Å². The molecule has 0 spiro atoms. The van der Waals surface area contributed by atoms with Crippen LogP contribution in [0.25, 0.3) is 0 Å². The van der Waals surface area contributed by atoms with Crippen LogP contribution in [0.2, 0.25) is 0 Å². The van der Waals surface area contributed by atoms with Crippen LogP contribution in [0.5, 0.6) is 5.75 Å². The number of hydrogen-bond donors (Lipinski definition) is 1. The zero-order chi connectivity index (χ0) is 13.7. The van der Waals surface area contributed by atoms with Crippen molar-refractivity contribution in [1.29, 1.82) is 0 Å². The molecule has 4 nitrogen and oxygen atoms in total. The Balaban J connectivity index is 0.00000324. The number of nitrogens with zero attached hydrogens (tertiary/aromatic N) is 1. The van der Waals surface area contributed by atoms with Gasteiger partial charge in [-0.15, -0.1) is 12.4 Å². The van der Waals surface area contributed by atoms with E-state index in [9.17, 15) is 4.79 Å². The number of ether oxygens (including phenoxy) is 1. The summed E-state index contributed by atoms with van der Waals surface area (Å²) in [6.45, 7) is 4.08. The zero-order valence-corrected chi connectivity index (χ0v) is 13.7. The average Bonchev–Trinajstić information content (AvgIpc) is 2.38. The van der Waals surface area contributed by atoms with Crippen LogP contribution in [-0.2, 0) is 4.79 Å². The summed E-state index contributed by atoms with van der Waals surface area (Å²) in [6.07, 6.45) is -0.539. The molecule has 6 heteroatoms. The summed E-state index contributed by atoms with van der Waals surface area (Å²) < 4.78 is 6.48. The van der Waals surface area contributed by atoms with Gasteiger partial charge in [0.1, 0.15) is 5.75 Å². The second-order valence-electron chi connectivity index (χ2n) is 4.22. The Morgan fingerprint density at radius 3 is 2.53 bits per heavy atom. The minimum absolute atomic E-state index is 0. The van der Waals surface area contributed by atoms with Crippen molar-refractivity contribution >= 4 is 34.2 Å². The minimum Gasteiger partial charge on any atom is -0.480 e. The molecule has 1 rings (SSSR count). The van der Waals surface area contributed by atoms with Gasteiger partial charge in [-0.25, -0.2) is 0 Å². The van der Waals surface area contributed by atoms with Crippen molar-refractivity contribution < 1.29 is 9.53 Å². The number of benzene rings is 1. The number of nitrogens with two attached hydrogens (primary N) is 1. The number of carbonyl (C=O) groups is 1. The van der Waals surface area contributed by atoms with Crippen molar-refractivity contribution in [2.75, 3.05) is 13.6 Å². The molecule has 0 aromatic heterocycles. The molecule has 0 aliphatic heterocycles. The molecule has 0 aliphatic carbocycles. The summed E-state index contributed by atoms with van der Waals surface area (Å²) in [5, 5.41) is 0. The van der Waals surface area contributed by atoms with Crippen LogP contribution in [0.4, 0.5) is 0 Å². The molecule has 0 radical (unpaired) electrons. The van der Waals surface area contributed by atoms with E-state index in [1.807, 2.05) is 31.2 Å². The summed E-state index contributed by atoms with van der Waals surface area (Å²) in [7, 11) is 1.74. The number of hydrogen-bond acceptors (Lipinski definition) is 3. The molecule has 0 aliphatic rings. The van der Waals surface area contributed by atoms with Gasteiger partial charge in [0.15, 0.2) is 6.10 Å². The fourth-order valence-electron chi connectivity index (χ4n) is 1.44. The molecule has 0 saturated carbocycles. The van der Waals surface area contributed by atoms with Gasteiger partial charge in [-0.3, -0.25) is 4.79 Å². The van der Waals surface area contributed by atoms with Crippen molar-refractivity contribution in [3.63, 3.8) is 0 Å². The first kappa shape index (κ1) is 18.2. The third kappa shape index (κ3) is 5.01. The van der Waals surface area contributed by atoms with Crippen LogP contribution in [0.15, 0.2) is 28.7 Å². The van der Waals surface area contributed by atoms with Gasteiger partial charge in [0.2, 0.25) is 0 Å². The predicted octanol–water partition coefficient (Wildman–Crippen LogP) is 2.44. The summed E-state index contributed by atoms with van der Waals surface area (Å²) in [5.74, 6) is 0.579. The Morgan fingerprint density at radius 2 is 2.00 bits per heavy atom. The van der Waals surface area contributed by atoms with Crippen molar-refractivity contribution in [1.82, 2.24) is 4.90 Å². The van der Waals surface area contributed by atoms with E-state index >= 15 is 0 Å². The normalized spacial score (nSPS) is 13.1. The van der Waals surface area contributed by atoms with E-state index in [2.05, 4.69) is 15.9 Å². The summed E-state index contributed by atoms with van der Waals surface area (Å²) >= 11 is 3.38. The first-order chi connectivity index (χ1) is 8.47. The predicted molar refractivity (Wildman–Crippen MR) is 82.8 cm³/mol. The molecule has 1 amide bonds. The number of likely N-dealkylation sites (N-methyl/N-ethyl adjacent to an activating group) is 1. The Hall–Kier alpha value is -0.780. The highest BCUT2D eigenvalue weighted by Crippen LogP contribution is 2.25. The van der Waals surface area contributed by atoms with E-state index < -0.39 is 6.10 Å². The van der Waals surface area contributed by atoms with Crippen LogP contribution >= 0.6 is 28.3 Å². The zero-order valence-electron chi connectivity index (χ0n) is 11.3. The van der Waals surface area contributed by atoms with Crippen LogP contribution in [0.3, 0.4) is 0 Å². The van der Waals surface area contributed by atoms with Crippen LogP contribution in [0.1, 0.15) is 13.8 Å².